The molecule has 140 valence electrons. The van der Waals surface area contributed by atoms with E-state index in [2.05, 4.69) is 10.2 Å². The predicted molar refractivity (Wildman–Crippen MR) is 94.0 cm³/mol. The maximum absolute atomic E-state index is 11.4. The van der Waals surface area contributed by atoms with Gasteiger partial charge in [-0.3, -0.25) is 4.55 Å². The van der Waals surface area contributed by atoms with Crippen LogP contribution in [-0.2, 0) is 20.2 Å². The molecule has 0 aromatic heterocycles. The second-order valence-electron chi connectivity index (χ2n) is 5.41. The van der Waals surface area contributed by atoms with Gasteiger partial charge in [-0.1, -0.05) is 24.3 Å². The molecule has 0 aliphatic carbocycles. The minimum atomic E-state index is -4.66. The maximum atomic E-state index is 11.4. The molecule has 0 bridgehead atoms. The van der Waals surface area contributed by atoms with Gasteiger partial charge in [0.1, 0.15) is 32.1 Å². The molecule has 0 spiro atoms. The Bertz CT molecular complexity index is 1290. The van der Waals surface area contributed by atoms with Crippen LogP contribution in [0.5, 0.6) is 5.75 Å². The smallest absolute Gasteiger partial charge is 0.744 e. The molecule has 28 heavy (non-hydrogen) atoms. The quantitative estimate of drug-likeness (QED) is 0.338. The van der Waals surface area contributed by atoms with Crippen molar-refractivity contribution in [2.75, 3.05) is 0 Å². The first-order chi connectivity index (χ1) is 12.6. The molecule has 0 saturated heterocycles. The molecule has 0 heterocycles. The van der Waals surface area contributed by atoms with Crippen LogP contribution in [0.2, 0.25) is 0 Å². The molecule has 0 aliphatic heterocycles. The van der Waals surface area contributed by atoms with E-state index in [9.17, 15) is 31.0 Å². The molecule has 0 radical (unpaired) electrons. The van der Waals surface area contributed by atoms with Crippen molar-refractivity contribution in [3.05, 3.63) is 54.6 Å². The van der Waals surface area contributed by atoms with Crippen molar-refractivity contribution in [2.45, 2.75) is 9.79 Å². The fourth-order valence-corrected chi connectivity index (χ4v) is 3.53. The number of hydrogen-bond donors (Lipinski definition) is 2. The molecule has 12 heteroatoms. The van der Waals surface area contributed by atoms with E-state index < -0.39 is 30.0 Å². The first-order valence-corrected chi connectivity index (χ1v) is 10.1. The van der Waals surface area contributed by atoms with Crippen LogP contribution < -0.4 is 29.6 Å². The van der Waals surface area contributed by atoms with Crippen LogP contribution in [0, 0.1) is 0 Å². The Hall–Kier alpha value is -1.86. The molecule has 3 aromatic carbocycles. The molecular weight excluding hydrogens is 419 g/mol. The van der Waals surface area contributed by atoms with E-state index in [-0.39, 0.29) is 52.1 Å². The molecule has 2 N–H and O–H groups in total. The van der Waals surface area contributed by atoms with Gasteiger partial charge < -0.3 is 9.66 Å². The normalized spacial score (nSPS) is 12.2. The number of rotatable bonds is 4. The van der Waals surface area contributed by atoms with E-state index in [0.29, 0.717) is 5.39 Å². The monoisotopic (exact) mass is 430 g/mol. The Morgan fingerprint density at radius 3 is 2.21 bits per heavy atom. The molecule has 0 unspecified atom stereocenters. The summed E-state index contributed by atoms with van der Waals surface area (Å²) in [5, 5.41) is 18.3. The number of hydrogen-bond acceptors (Lipinski definition) is 8. The minimum absolute atomic E-state index is 0. The summed E-state index contributed by atoms with van der Waals surface area (Å²) in [6.07, 6.45) is 0. The van der Waals surface area contributed by atoms with Crippen molar-refractivity contribution in [3.63, 3.8) is 0 Å². The summed E-state index contributed by atoms with van der Waals surface area (Å²) in [6, 6.07) is 11.4. The summed E-state index contributed by atoms with van der Waals surface area (Å²) < 4.78 is 65.5. The number of phenols is 1. The van der Waals surface area contributed by atoms with E-state index >= 15 is 0 Å². The van der Waals surface area contributed by atoms with Crippen LogP contribution in [-0.4, -0.2) is 31.0 Å². The summed E-state index contributed by atoms with van der Waals surface area (Å²) in [4.78, 5) is -0.909. The molecular formula is C16H11N2NaO7S2. The summed E-state index contributed by atoms with van der Waals surface area (Å²) in [6.45, 7) is 0. The Kier molecular flexibility index (Phi) is 6.61. The molecule has 0 saturated carbocycles. The van der Waals surface area contributed by atoms with E-state index in [1.54, 1.807) is 0 Å². The van der Waals surface area contributed by atoms with Crippen molar-refractivity contribution < 1.29 is 60.6 Å². The van der Waals surface area contributed by atoms with Gasteiger partial charge in [-0.2, -0.15) is 8.42 Å². The topological polar surface area (TPSA) is 157 Å². The van der Waals surface area contributed by atoms with Gasteiger partial charge in [-0.25, -0.2) is 8.42 Å². The van der Waals surface area contributed by atoms with Gasteiger partial charge in [0, 0.05) is 5.39 Å². The zero-order chi connectivity index (χ0) is 19.8. The van der Waals surface area contributed by atoms with Gasteiger partial charge in [-0.05, 0) is 35.7 Å². The minimum Gasteiger partial charge on any atom is -0.744 e. The summed E-state index contributed by atoms with van der Waals surface area (Å²) in [7, 11) is -9.19. The molecule has 0 atom stereocenters. The number of phenolic OH excluding ortho intramolecular Hbond substituents is 1. The van der Waals surface area contributed by atoms with E-state index in [4.69, 9.17) is 0 Å². The van der Waals surface area contributed by atoms with Crippen molar-refractivity contribution in [2.24, 2.45) is 10.2 Å². The first kappa shape index (κ1) is 22.4. The molecule has 0 fully saturated rings. The second-order valence-corrected chi connectivity index (χ2v) is 8.18. The van der Waals surface area contributed by atoms with Crippen LogP contribution in [0.25, 0.3) is 10.8 Å². The van der Waals surface area contributed by atoms with Crippen molar-refractivity contribution >= 4 is 42.4 Å². The first-order valence-electron chi connectivity index (χ1n) is 7.27. The second kappa shape index (κ2) is 8.25. The number of nitrogens with zero attached hydrogens (tertiary/aromatic N) is 2. The number of aromatic hydroxyl groups is 1. The number of fused-ring (bicyclic) bond motifs is 1. The Balaban J connectivity index is 0.00000280. The summed E-state index contributed by atoms with van der Waals surface area (Å²) >= 11 is 0. The number of azo groups is 1. The third-order valence-corrected chi connectivity index (χ3v) is 5.36. The van der Waals surface area contributed by atoms with Gasteiger partial charge in [0.15, 0.2) is 0 Å². The molecule has 0 aliphatic rings. The van der Waals surface area contributed by atoms with Crippen molar-refractivity contribution in [1.82, 2.24) is 0 Å². The van der Waals surface area contributed by atoms with Crippen LogP contribution in [0.4, 0.5) is 11.4 Å². The zero-order valence-corrected chi connectivity index (χ0v) is 18.0. The average molecular weight is 430 g/mol. The predicted octanol–water partition coefficient (Wildman–Crippen LogP) is 0.116. The van der Waals surface area contributed by atoms with Crippen LogP contribution >= 0.6 is 0 Å². The van der Waals surface area contributed by atoms with E-state index in [1.165, 1.54) is 36.4 Å². The summed E-state index contributed by atoms with van der Waals surface area (Å²) in [5.41, 5.74) is -0.220. The fraction of sp³-hybridized carbons (Fsp3) is 0. The Morgan fingerprint density at radius 1 is 0.893 bits per heavy atom. The molecule has 0 amide bonds. The van der Waals surface area contributed by atoms with Crippen LogP contribution in [0.1, 0.15) is 0 Å². The molecule has 3 aromatic rings. The Labute approximate surface area is 182 Å². The third kappa shape index (κ3) is 4.75. The van der Waals surface area contributed by atoms with Crippen LogP contribution in [0.3, 0.4) is 0 Å². The van der Waals surface area contributed by atoms with Gasteiger partial charge in [0.2, 0.25) is 0 Å². The maximum Gasteiger partial charge on any atom is 1.00 e. The SMILES string of the molecule is O=S(=O)([O-])c1ccc2c(N=Nc3ccccc3S(=O)(=O)O)c(O)ccc2c1.[Na+]. The van der Waals surface area contributed by atoms with E-state index in [0.717, 1.165) is 18.2 Å². The summed E-state index contributed by atoms with van der Waals surface area (Å²) in [5.74, 6) is -0.298. The van der Waals surface area contributed by atoms with Gasteiger partial charge in [0.25, 0.3) is 10.1 Å². The Morgan fingerprint density at radius 2 is 1.57 bits per heavy atom. The van der Waals surface area contributed by atoms with Gasteiger partial charge >= 0.3 is 29.6 Å². The average Bonchev–Trinajstić information content (AvgIpc) is 2.59. The standard InChI is InChI=1S/C16H12N2O7S2.Na/c19-14-8-5-10-9-11(26(20,21)22)6-7-12(10)16(14)18-17-13-3-1-2-4-15(13)27(23,24)25;/h1-9,19H,(H,20,21,22)(H,23,24,25);/q;+1/p-1. The van der Waals surface area contributed by atoms with Crippen molar-refractivity contribution in [1.29, 1.82) is 0 Å². The largest absolute Gasteiger partial charge is 1.00 e. The van der Waals surface area contributed by atoms with Gasteiger partial charge in [-0.15, -0.1) is 10.2 Å². The van der Waals surface area contributed by atoms with Crippen LogP contribution in [0.15, 0.2) is 74.6 Å². The number of benzene rings is 3. The van der Waals surface area contributed by atoms with E-state index in [1.807, 2.05) is 0 Å². The van der Waals surface area contributed by atoms with Crippen molar-refractivity contribution in [3.8, 4) is 5.75 Å². The van der Waals surface area contributed by atoms with Gasteiger partial charge in [0.05, 0.1) is 4.90 Å². The molecule has 3 rings (SSSR count). The fourth-order valence-electron chi connectivity index (χ4n) is 2.40. The third-order valence-electron chi connectivity index (χ3n) is 3.63. The zero-order valence-electron chi connectivity index (χ0n) is 14.3. The molecule has 9 nitrogen and oxygen atoms in total.